The van der Waals surface area contributed by atoms with Gasteiger partial charge in [-0.15, -0.1) is 0 Å². The fourth-order valence-corrected chi connectivity index (χ4v) is 3.11. The number of ether oxygens (including phenoxy) is 1. The minimum Gasteiger partial charge on any atom is -0.460 e. The number of rotatable bonds is 5. The second kappa shape index (κ2) is 8.02. The Morgan fingerprint density at radius 1 is 1.03 bits per heavy atom. The van der Waals surface area contributed by atoms with E-state index in [0.717, 1.165) is 18.3 Å². The minimum absolute atomic E-state index is 0.0529. The molecule has 3 N–H and O–H groups in total. The summed E-state index contributed by atoms with van der Waals surface area (Å²) in [6.07, 6.45) is -8.84. The number of aromatic nitrogens is 1. The second-order valence-corrected chi connectivity index (χ2v) is 6.64. The van der Waals surface area contributed by atoms with E-state index in [-0.39, 0.29) is 17.5 Å². The number of hydrogen-bond acceptors (Lipinski definition) is 3. The number of esters is 1. The number of alkyl halides is 6. The van der Waals surface area contributed by atoms with Crippen molar-refractivity contribution in [1.29, 1.82) is 0 Å². The summed E-state index contributed by atoms with van der Waals surface area (Å²) in [5.74, 6) is -3.87. The number of H-pyrrole nitrogens is 1. The van der Waals surface area contributed by atoms with E-state index in [1.807, 2.05) is 0 Å². The van der Waals surface area contributed by atoms with Gasteiger partial charge < -0.3 is 15.5 Å². The Labute approximate surface area is 166 Å². The summed E-state index contributed by atoms with van der Waals surface area (Å²) >= 11 is 0. The number of fused-ring (bicyclic) bond motifs is 1. The lowest BCUT2D eigenvalue weighted by molar-refractivity contribution is -0.170. The molecule has 0 aliphatic heterocycles. The molecule has 10 heteroatoms. The van der Waals surface area contributed by atoms with Crippen LogP contribution in [0.4, 0.5) is 26.3 Å². The standard InChI is InChI=1S/C20H16F6N2O2/c21-19(22,23)12-6-7-15-13(8-12)14(9-28-15)16(20(24,25)26)17(27)18(29)30-10-11-4-2-1-3-5-11/h1-9,16-17,28H,10,27H2. The Morgan fingerprint density at radius 2 is 1.70 bits per heavy atom. The van der Waals surface area contributed by atoms with Crippen molar-refractivity contribution in [1.82, 2.24) is 4.98 Å². The molecule has 1 aromatic heterocycles. The van der Waals surface area contributed by atoms with Gasteiger partial charge in [-0.05, 0) is 29.3 Å². The lowest BCUT2D eigenvalue weighted by atomic mass is 9.90. The van der Waals surface area contributed by atoms with Gasteiger partial charge in [-0.2, -0.15) is 26.3 Å². The molecule has 2 aromatic carbocycles. The first-order valence-corrected chi connectivity index (χ1v) is 8.69. The maximum atomic E-state index is 13.8. The van der Waals surface area contributed by atoms with Gasteiger partial charge in [0, 0.05) is 17.1 Å². The van der Waals surface area contributed by atoms with Gasteiger partial charge in [0.05, 0.1) is 5.56 Å². The van der Waals surface area contributed by atoms with E-state index in [2.05, 4.69) is 4.98 Å². The molecule has 1 heterocycles. The van der Waals surface area contributed by atoms with Gasteiger partial charge in [0.15, 0.2) is 0 Å². The average molecular weight is 430 g/mol. The first-order valence-electron chi connectivity index (χ1n) is 8.69. The third-order valence-corrected chi connectivity index (χ3v) is 4.58. The van der Waals surface area contributed by atoms with Gasteiger partial charge in [-0.1, -0.05) is 30.3 Å². The molecule has 0 amide bonds. The predicted octanol–water partition coefficient (Wildman–Crippen LogP) is 4.90. The van der Waals surface area contributed by atoms with Crippen LogP contribution in [0, 0.1) is 0 Å². The zero-order chi connectivity index (χ0) is 22.1. The van der Waals surface area contributed by atoms with Crippen LogP contribution in [0.2, 0.25) is 0 Å². The molecule has 0 aliphatic rings. The Kier molecular flexibility index (Phi) is 5.80. The Bertz CT molecular complexity index is 1030. The highest BCUT2D eigenvalue weighted by Crippen LogP contribution is 2.41. The van der Waals surface area contributed by atoms with E-state index in [0.29, 0.717) is 11.6 Å². The summed E-state index contributed by atoms with van der Waals surface area (Å²) in [4.78, 5) is 14.7. The van der Waals surface area contributed by atoms with Gasteiger partial charge in [0.2, 0.25) is 0 Å². The van der Waals surface area contributed by atoms with E-state index in [1.165, 1.54) is 0 Å². The highest BCUT2D eigenvalue weighted by Gasteiger charge is 2.49. The molecule has 0 saturated heterocycles. The number of hydrogen-bond donors (Lipinski definition) is 2. The van der Waals surface area contributed by atoms with E-state index >= 15 is 0 Å². The highest BCUT2D eigenvalue weighted by atomic mass is 19.4. The summed E-state index contributed by atoms with van der Waals surface area (Å²) < 4.78 is 85.3. The van der Waals surface area contributed by atoms with Gasteiger partial charge >= 0.3 is 18.3 Å². The fraction of sp³-hybridized carbons (Fsp3) is 0.250. The van der Waals surface area contributed by atoms with Gasteiger partial charge in [0.1, 0.15) is 18.6 Å². The van der Waals surface area contributed by atoms with Crippen LogP contribution in [0.1, 0.15) is 22.6 Å². The molecule has 0 bridgehead atoms. The van der Waals surface area contributed by atoms with Crippen molar-refractivity contribution in [3.8, 4) is 0 Å². The van der Waals surface area contributed by atoms with Crippen LogP contribution in [0.25, 0.3) is 10.9 Å². The molecule has 0 aliphatic carbocycles. The zero-order valence-corrected chi connectivity index (χ0v) is 15.2. The van der Waals surface area contributed by atoms with Crippen molar-refractivity contribution in [2.45, 2.75) is 30.9 Å². The molecule has 30 heavy (non-hydrogen) atoms. The first-order chi connectivity index (χ1) is 14.0. The van der Waals surface area contributed by atoms with Gasteiger partial charge in [-0.25, -0.2) is 0 Å². The molecule has 3 aromatic rings. The van der Waals surface area contributed by atoms with Crippen molar-refractivity contribution in [3.63, 3.8) is 0 Å². The van der Waals surface area contributed by atoms with Crippen molar-refractivity contribution in [3.05, 3.63) is 71.4 Å². The van der Waals surface area contributed by atoms with E-state index in [4.69, 9.17) is 10.5 Å². The third kappa shape index (κ3) is 4.59. The molecular weight excluding hydrogens is 414 g/mol. The number of carbonyl (C=O) groups is 1. The van der Waals surface area contributed by atoms with Gasteiger partial charge in [-0.3, -0.25) is 4.79 Å². The first kappa shape index (κ1) is 21.7. The van der Waals surface area contributed by atoms with Crippen LogP contribution in [-0.4, -0.2) is 23.2 Å². The normalized spacial score (nSPS) is 14.5. The zero-order valence-electron chi connectivity index (χ0n) is 15.2. The van der Waals surface area contributed by atoms with E-state index in [9.17, 15) is 31.1 Å². The predicted molar refractivity (Wildman–Crippen MR) is 96.3 cm³/mol. The van der Waals surface area contributed by atoms with Crippen LogP contribution in [-0.2, 0) is 22.3 Å². The molecule has 2 unspecified atom stereocenters. The van der Waals surface area contributed by atoms with Gasteiger partial charge in [0.25, 0.3) is 0 Å². The Hall–Kier alpha value is -3.01. The molecule has 0 saturated carbocycles. The molecule has 0 spiro atoms. The second-order valence-electron chi connectivity index (χ2n) is 6.64. The summed E-state index contributed by atoms with van der Waals surface area (Å²) in [6.45, 7) is -0.288. The van der Waals surface area contributed by atoms with Crippen LogP contribution in [0.15, 0.2) is 54.7 Å². The number of nitrogens with two attached hydrogens (primary N) is 1. The monoisotopic (exact) mass is 430 g/mol. The van der Waals surface area contributed by atoms with Crippen molar-refractivity contribution in [2.24, 2.45) is 5.73 Å². The highest BCUT2D eigenvalue weighted by molar-refractivity contribution is 5.86. The van der Waals surface area contributed by atoms with E-state index < -0.39 is 41.4 Å². The lowest BCUT2D eigenvalue weighted by Gasteiger charge is -2.25. The summed E-state index contributed by atoms with van der Waals surface area (Å²) in [5, 5.41) is -0.321. The van der Waals surface area contributed by atoms with E-state index in [1.54, 1.807) is 30.3 Å². The third-order valence-electron chi connectivity index (χ3n) is 4.58. The Morgan fingerprint density at radius 3 is 2.30 bits per heavy atom. The summed E-state index contributed by atoms with van der Waals surface area (Å²) in [7, 11) is 0. The topological polar surface area (TPSA) is 68.1 Å². The van der Waals surface area contributed by atoms with Crippen LogP contribution in [0.5, 0.6) is 0 Å². The largest absolute Gasteiger partial charge is 0.460 e. The number of halogens is 6. The Balaban J connectivity index is 1.93. The van der Waals surface area contributed by atoms with Crippen LogP contribution < -0.4 is 5.73 Å². The lowest BCUT2D eigenvalue weighted by Crippen LogP contribution is -2.44. The van der Waals surface area contributed by atoms with Crippen molar-refractivity contribution >= 4 is 16.9 Å². The molecule has 3 rings (SSSR count). The molecule has 4 nitrogen and oxygen atoms in total. The minimum atomic E-state index is -5.01. The number of aromatic amines is 1. The number of carbonyl (C=O) groups excluding carboxylic acids is 1. The van der Waals surface area contributed by atoms with Crippen molar-refractivity contribution < 1.29 is 35.9 Å². The summed E-state index contributed by atoms with van der Waals surface area (Å²) in [5.41, 5.74) is 4.51. The molecule has 2 atom stereocenters. The van der Waals surface area contributed by atoms with Crippen LogP contribution >= 0.6 is 0 Å². The average Bonchev–Trinajstić information content (AvgIpc) is 3.08. The van der Waals surface area contributed by atoms with Crippen LogP contribution in [0.3, 0.4) is 0 Å². The number of nitrogens with one attached hydrogen (secondary N) is 1. The molecule has 160 valence electrons. The smallest absolute Gasteiger partial charge is 0.416 e. The van der Waals surface area contributed by atoms with Crippen molar-refractivity contribution in [2.75, 3.05) is 0 Å². The molecule has 0 fully saturated rings. The SMILES string of the molecule is NC(C(=O)OCc1ccccc1)C(c1c[nH]c2ccc(C(F)(F)F)cc12)C(F)(F)F. The maximum Gasteiger partial charge on any atom is 0.416 e. The quantitative estimate of drug-likeness (QED) is 0.447. The maximum absolute atomic E-state index is 13.8. The molecule has 0 radical (unpaired) electrons. The fourth-order valence-electron chi connectivity index (χ4n) is 3.11. The number of benzene rings is 2. The summed E-state index contributed by atoms with van der Waals surface area (Å²) in [6, 6.07) is 8.45. The molecular formula is C20H16F6N2O2.